The van der Waals surface area contributed by atoms with Crippen LogP contribution in [0.4, 0.5) is 4.39 Å². The van der Waals surface area contributed by atoms with Crippen molar-refractivity contribution in [3.63, 3.8) is 0 Å². The number of amides is 1. The number of nitrogens with two attached hydrogens (primary N) is 1. The maximum atomic E-state index is 13.7. The van der Waals surface area contributed by atoms with Gasteiger partial charge in [0.15, 0.2) is 11.6 Å². The lowest BCUT2D eigenvalue weighted by Gasteiger charge is -2.08. The Hall–Kier alpha value is -1.95. The summed E-state index contributed by atoms with van der Waals surface area (Å²) in [6.45, 7) is 0. The van der Waals surface area contributed by atoms with Crippen LogP contribution in [0, 0.1) is 5.82 Å². The zero-order valence-corrected chi connectivity index (χ0v) is 12.3. The van der Waals surface area contributed by atoms with Crippen molar-refractivity contribution in [1.82, 2.24) is 4.98 Å². The predicted octanol–water partition coefficient (Wildman–Crippen LogP) is 2.68. The second kappa shape index (κ2) is 6.00. The van der Waals surface area contributed by atoms with Crippen LogP contribution in [0.15, 0.2) is 34.9 Å². The van der Waals surface area contributed by atoms with E-state index in [1.807, 2.05) is 0 Å². The van der Waals surface area contributed by atoms with Crippen LogP contribution >= 0.6 is 15.9 Å². The molecule has 4 nitrogen and oxygen atoms in total. The predicted molar refractivity (Wildman–Crippen MR) is 76.2 cm³/mol. The Morgan fingerprint density at radius 3 is 2.85 bits per heavy atom. The van der Waals surface area contributed by atoms with E-state index in [0.717, 1.165) is 0 Å². The van der Waals surface area contributed by atoms with Gasteiger partial charge in [-0.1, -0.05) is 15.9 Å². The summed E-state index contributed by atoms with van der Waals surface area (Å²) in [4.78, 5) is 15.3. The van der Waals surface area contributed by atoms with Crippen molar-refractivity contribution in [3.05, 3.63) is 57.6 Å². The van der Waals surface area contributed by atoms with Crippen molar-refractivity contribution >= 4 is 21.8 Å². The minimum Gasteiger partial charge on any atom is -0.494 e. The Kier molecular flexibility index (Phi) is 4.34. The van der Waals surface area contributed by atoms with E-state index in [0.29, 0.717) is 27.7 Å². The fraction of sp³-hybridized carbons (Fsp3) is 0.143. The molecule has 2 aromatic rings. The van der Waals surface area contributed by atoms with Gasteiger partial charge in [0.2, 0.25) is 5.91 Å². The Balaban J connectivity index is 2.32. The van der Waals surface area contributed by atoms with Crippen LogP contribution in [0.2, 0.25) is 0 Å². The van der Waals surface area contributed by atoms with E-state index in [4.69, 9.17) is 10.5 Å². The van der Waals surface area contributed by atoms with Crippen molar-refractivity contribution in [2.24, 2.45) is 5.73 Å². The number of pyridine rings is 1. The highest BCUT2D eigenvalue weighted by Gasteiger charge is 2.11. The molecule has 0 saturated heterocycles. The molecule has 0 aliphatic carbocycles. The lowest BCUT2D eigenvalue weighted by Crippen LogP contribution is -2.11. The van der Waals surface area contributed by atoms with E-state index in [-0.39, 0.29) is 5.75 Å². The van der Waals surface area contributed by atoms with E-state index >= 15 is 0 Å². The Morgan fingerprint density at radius 1 is 1.45 bits per heavy atom. The first kappa shape index (κ1) is 14.5. The molecule has 0 atom stereocenters. The lowest BCUT2D eigenvalue weighted by atomic mass is 10.1. The van der Waals surface area contributed by atoms with E-state index in [1.54, 1.807) is 12.1 Å². The molecule has 0 radical (unpaired) electrons. The van der Waals surface area contributed by atoms with Gasteiger partial charge in [0.1, 0.15) is 0 Å². The third-order valence-corrected chi connectivity index (χ3v) is 3.53. The molecule has 1 amide bonds. The van der Waals surface area contributed by atoms with Crippen LogP contribution in [0.25, 0.3) is 0 Å². The van der Waals surface area contributed by atoms with Crippen molar-refractivity contribution < 1.29 is 13.9 Å². The number of carbonyl (C=O) groups excluding carboxylic acids is 1. The van der Waals surface area contributed by atoms with Crippen molar-refractivity contribution in [1.29, 1.82) is 0 Å². The molecule has 0 aliphatic rings. The largest absolute Gasteiger partial charge is 0.494 e. The molecule has 2 rings (SSSR count). The normalized spacial score (nSPS) is 10.3. The Labute approximate surface area is 123 Å². The van der Waals surface area contributed by atoms with Gasteiger partial charge < -0.3 is 10.5 Å². The summed E-state index contributed by atoms with van der Waals surface area (Å²) in [6, 6.07) is 6.07. The summed E-state index contributed by atoms with van der Waals surface area (Å²) in [6.07, 6.45) is 1.88. The van der Waals surface area contributed by atoms with E-state index in [1.165, 1.54) is 25.4 Å². The highest BCUT2D eigenvalue weighted by molar-refractivity contribution is 9.10. The van der Waals surface area contributed by atoms with Gasteiger partial charge in [-0.25, -0.2) is 4.39 Å². The molecule has 1 aromatic heterocycles. The summed E-state index contributed by atoms with van der Waals surface area (Å²) in [5.41, 5.74) is 6.93. The number of primary amides is 1. The topological polar surface area (TPSA) is 65.2 Å². The molecule has 0 bridgehead atoms. The van der Waals surface area contributed by atoms with Gasteiger partial charge in [-0.15, -0.1) is 0 Å². The first-order valence-corrected chi connectivity index (χ1v) is 6.57. The molecule has 0 fully saturated rings. The molecular formula is C14H12BrFN2O2. The lowest BCUT2D eigenvalue weighted by molar-refractivity contribution is 0.1000. The van der Waals surface area contributed by atoms with Crippen LogP contribution in [-0.2, 0) is 6.42 Å². The molecule has 2 N–H and O–H groups in total. The van der Waals surface area contributed by atoms with Gasteiger partial charge in [-0.05, 0) is 29.8 Å². The first-order valence-electron chi connectivity index (χ1n) is 5.78. The summed E-state index contributed by atoms with van der Waals surface area (Å²) >= 11 is 3.36. The SMILES string of the molecule is COc1cc(Br)c(Cc2cc(C(N)=O)ccn2)cc1F. The minimum atomic E-state index is -0.520. The average molecular weight is 339 g/mol. The number of aromatic nitrogens is 1. The third-order valence-electron chi connectivity index (χ3n) is 2.79. The highest BCUT2D eigenvalue weighted by atomic mass is 79.9. The minimum absolute atomic E-state index is 0.166. The number of benzene rings is 1. The summed E-state index contributed by atoms with van der Waals surface area (Å²) in [7, 11) is 1.41. The monoisotopic (exact) mass is 338 g/mol. The third kappa shape index (κ3) is 3.14. The average Bonchev–Trinajstić information content (AvgIpc) is 2.42. The number of methoxy groups -OCH3 is 1. The second-order valence-electron chi connectivity index (χ2n) is 4.16. The van der Waals surface area contributed by atoms with Crippen molar-refractivity contribution in [2.75, 3.05) is 7.11 Å². The smallest absolute Gasteiger partial charge is 0.248 e. The Morgan fingerprint density at radius 2 is 2.20 bits per heavy atom. The van der Waals surface area contributed by atoms with E-state index in [9.17, 15) is 9.18 Å². The van der Waals surface area contributed by atoms with Crippen molar-refractivity contribution in [3.8, 4) is 5.75 Å². The molecule has 0 unspecified atom stereocenters. The molecule has 20 heavy (non-hydrogen) atoms. The van der Waals surface area contributed by atoms with Crippen LogP contribution in [0.3, 0.4) is 0 Å². The van der Waals surface area contributed by atoms with Gasteiger partial charge in [0, 0.05) is 28.3 Å². The molecule has 0 aliphatic heterocycles. The van der Waals surface area contributed by atoms with E-state index in [2.05, 4.69) is 20.9 Å². The highest BCUT2D eigenvalue weighted by Crippen LogP contribution is 2.27. The number of halogens is 2. The fourth-order valence-electron chi connectivity index (χ4n) is 1.78. The van der Waals surface area contributed by atoms with Gasteiger partial charge in [-0.3, -0.25) is 9.78 Å². The number of nitrogens with zero attached hydrogens (tertiary/aromatic N) is 1. The summed E-state index contributed by atoms with van der Waals surface area (Å²) in [5, 5.41) is 0. The summed E-state index contributed by atoms with van der Waals surface area (Å²) in [5.74, 6) is -0.801. The molecule has 1 heterocycles. The van der Waals surface area contributed by atoms with Gasteiger partial charge in [0.25, 0.3) is 0 Å². The van der Waals surface area contributed by atoms with Gasteiger partial charge in [-0.2, -0.15) is 0 Å². The van der Waals surface area contributed by atoms with Crippen LogP contribution in [0.1, 0.15) is 21.6 Å². The molecule has 0 spiro atoms. The van der Waals surface area contributed by atoms with Gasteiger partial charge >= 0.3 is 0 Å². The zero-order valence-electron chi connectivity index (χ0n) is 10.7. The van der Waals surface area contributed by atoms with Crippen LogP contribution < -0.4 is 10.5 Å². The second-order valence-corrected chi connectivity index (χ2v) is 5.01. The fourth-order valence-corrected chi connectivity index (χ4v) is 2.25. The summed E-state index contributed by atoms with van der Waals surface area (Å²) < 4.78 is 19.3. The number of hydrogen-bond donors (Lipinski definition) is 1. The molecular weight excluding hydrogens is 327 g/mol. The first-order chi connectivity index (χ1) is 9.51. The molecule has 0 saturated carbocycles. The Bertz CT molecular complexity index is 662. The maximum absolute atomic E-state index is 13.7. The molecule has 104 valence electrons. The number of rotatable bonds is 4. The standard InChI is InChI=1S/C14H12BrFN2O2/c1-20-13-7-11(15)9(6-12(13)16)5-10-4-8(14(17)19)2-3-18-10/h2-4,6-7H,5H2,1H3,(H2,17,19). The number of hydrogen-bond acceptors (Lipinski definition) is 3. The zero-order chi connectivity index (χ0) is 14.7. The van der Waals surface area contributed by atoms with Crippen LogP contribution in [-0.4, -0.2) is 18.0 Å². The van der Waals surface area contributed by atoms with Gasteiger partial charge in [0.05, 0.1) is 7.11 Å². The maximum Gasteiger partial charge on any atom is 0.248 e. The molecule has 1 aromatic carbocycles. The van der Waals surface area contributed by atoms with Crippen LogP contribution in [0.5, 0.6) is 5.75 Å². The van der Waals surface area contributed by atoms with Crippen molar-refractivity contribution in [2.45, 2.75) is 6.42 Å². The number of carbonyl (C=O) groups is 1. The molecule has 6 heteroatoms. The van der Waals surface area contributed by atoms with E-state index < -0.39 is 11.7 Å². The number of ether oxygens (including phenoxy) is 1. The quantitative estimate of drug-likeness (QED) is 0.931.